The summed E-state index contributed by atoms with van der Waals surface area (Å²) in [5.74, 6) is -0.608. The Morgan fingerprint density at radius 3 is 2.11 bits per heavy atom. The van der Waals surface area contributed by atoms with Gasteiger partial charge in [0, 0.05) is 6.42 Å². The SMILES string of the molecule is C=CC(N)=O.CCC[N+](C)(C)CCCS(=O)(=O)O. The maximum absolute atomic E-state index is 10.4. The van der Waals surface area contributed by atoms with Crippen molar-refractivity contribution in [3.8, 4) is 0 Å². The summed E-state index contributed by atoms with van der Waals surface area (Å²) >= 11 is 0. The number of hydrogen-bond acceptors (Lipinski definition) is 3. The van der Waals surface area contributed by atoms with Gasteiger partial charge < -0.3 is 10.2 Å². The molecule has 7 heteroatoms. The van der Waals surface area contributed by atoms with Crippen molar-refractivity contribution in [2.24, 2.45) is 5.73 Å². The average Bonchev–Trinajstić information content (AvgIpc) is 2.15. The topological polar surface area (TPSA) is 97.5 Å². The lowest BCUT2D eigenvalue weighted by Crippen LogP contribution is -2.41. The van der Waals surface area contributed by atoms with Gasteiger partial charge in [-0.3, -0.25) is 9.35 Å². The number of hydrogen-bond donors (Lipinski definition) is 2. The van der Waals surface area contributed by atoms with Gasteiger partial charge in [-0.25, -0.2) is 0 Å². The molecule has 0 aromatic rings. The van der Waals surface area contributed by atoms with E-state index in [1.165, 1.54) is 0 Å². The summed E-state index contributed by atoms with van der Waals surface area (Å²) in [6.45, 7) is 7.00. The summed E-state index contributed by atoms with van der Waals surface area (Å²) in [5, 5.41) is 0. The molecule has 3 N–H and O–H groups in total. The molecular formula is C11H25N2O4S+. The molecule has 0 aliphatic heterocycles. The summed E-state index contributed by atoms with van der Waals surface area (Å²) < 4.78 is 30.2. The second-order valence-corrected chi connectivity index (χ2v) is 6.20. The second-order valence-electron chi connectivity index (χ2n) is 4.63. The number of carbonyl (C=O) groups excluding carboxylic acids is 1. The van der Waals surface area contributed by atoms with E-state index in [2.05, 4.69) is 33.3 Å². The third kappa shape index (κ3) is 17.5. The molecule has 0 heterocycles. The molecule has 0 bridgehead atoms. The highest BCUT2D eigenvalue weighted by molar-refractivity contribution is 7.85. The summed E-state index contributed by atoms with van der Waals surface area (Å²) in [5.41, 5.74) is 4.53. The van der Waals surface area contributed by atoms with Crippen LogP contribution in [0.5, 0.6) is 0 Å². The van der Waals surface area contributed by atoms with Crippen LogP contribution in [0.3, 0.4) is 0 Å². The van der Waals surface area contributed by atoms with E-state index >= 15 is 0 Å². The van der Waals surface area contributed by atoms with E-state index in [1.807, 2.05) is 0 Å². The van der Waals surface area contributed by atoms with Gasteiger partial charge >= 0.3 is 0 Å². The Bertz CT molecular complexity index is 350. The predicted molar refractivity (Wildman–Crippen MR) is 72.6 cm³/mol. The van der Waals surface area contributed by atoms with Crippen LogP contribution in [-0.4, -0.2) is 56.3 Å². The zero-order valence-electron chi connectivity index (χ0n) is 11.4. The van der Waals surface area contributed by atoms with Crippen molar-refractivity contribution in [2.75, 3.05) is 32.9 Å². The quantitative estimate of drug-likeness (QED) is 0.401. The minimum atomic E-state index is -3.77. The Hall–Kier alpha value is -0.920. The first-order chi connectivity index (χ1) is 8.04. The fourth-order valence-electron chi connectivity index (χ4n) is 1.39. The molecule has 0 atom stereocenters. The molecule has 0 aliphatic rings. The van der Waals surface area contributed by atoms with Gasteiger partial charge in [0.25, 0.3) is 10.1 Å². The minimum absolute atomic E-state index is 0.127. The van der Waals surface area contributed by atoms with Crippen molar-refractivity contribution in [2.45, 2.75) is 19.8 Å². The number of amides is 1. The first-order valence-electron chi connectivity index (χ1n) is 5.73. The molecule has 0 aliphatic carbocycles. The largest absolute Gasteiger partial charge is 0.366 e. The Kier molecular flexibility index (Phi) is 9.78. The van der Waals surface area contributed by atoms with Crippen LogP contribution in [0.4, 0.5) is 0 Å². The molecule has 108 valence electrons. The van der Waals surface area contributed by atoms with Gasteiger partial charge in [-0.1, -0.05) is 13.5 Å². The fourth-order valence-corrected chi connectivity index (χ4v) is 1.89. The number of quaternary nitrogens is 1. The van der Waals surface area contributed by atoms with Crippen molar-refractivity contribution in [3.05, 3.63) is 12.7 Å². The molecule has 0 saturated carbocycles. The van der Waals surface area contributed by atoms with E-state index in [1.54, 1.807) is 0 Å². The molecule has 0 saturated heterocycles. The summed E-state index contributed by atoms with van der Waals surface area (Å²) in [4.78, 5) is 9.47. The normalized spacial score (nSPS) is 11.3. The highest BCUT2D eigenvalue weighted by Gasteiger charge is 2.14. The van der Waals surface area contributed by atoms with E-state index in [0.29, 0.717) is 6.42 Å². The highest BCUT2D eigenvalue weighted by Crippen LogP contribution is 2.02. The van der Waals surface area contributed by atoms with Gasteiger partial charge in [0.2, 0.25) is 5.91 Å². The van der Waals surface area contributed by atoms with Gasteiger partial charge in [0.1, 0.15) is 0 Å². The van der Waals surface area contributed by atoms with Crippen LogP contribution >= 0.6 is 0 Å². The van der Waals surface area contributed by atoms with Crippen LogP contribution in [0.1, 0.15) is 19.8 Å². The van der Waals surface area contributed by atoms with Gasteiger partial charge in [-0.2, -0.15) is 8.42 Å². The standard InChI is InChI=1S/C8H19NO3S.C3H5NO/c1-4-6-9(2,3)7-5-8-13(10,11)12;1-2-3(4)5/h4-8H2,1-3H3;2H,1H2,(H2,4,5)/p+1. The summed E-state index contributed by atoms with van der Waals surface area (Å²) in [6, 6.07) is 0. The maximum Gasteiger partial charge on any atom is 0.265 e. The molecule has 1 amide bonds. The zero-order chi connectivity index (χ0) is 14.8. The van der Waals surface area contributed by atoms with E-state index in [4.69, 9.17) is 4.55 Å². The van der Waals surface area contributed by atoms with Crippen molar-refractivity contribution in [1.82, 2.24) is 0 Å². The molecule has 0 aromatic heterocycles. The Morgan fingerprint density at radius 2 is 1.83 bits per heavy atom. The van der Waals surface area contributed by atoms with Crippen molar-refractivity contribution >= 4 is 16.0 Å². The van der Waals surface area contributed by atoms with Gasteiger partial charge in [0.05, 0.1) is 32.9 Å². The van der Waals surface area contributed by atoms with Crippen LogP contribution in [0.25, 0.3) is 0 Å². The molecule has 0 rings (SSSR count). The first kappa shape index (κ1) is 19.4. The minimum Gasteiger partial charge on any atom is -0.366 e. The monoisotopic (exact) mass is 281 g/mol. The first-order valence-corrected chi connectivity index (χ1v) is 7.34. The van der Waals surface area contributed by atoms with Crippen LogP contribution in [-0.2, 0) is 14.9 Å². The van der Waals surface area contributed by atoms with Crippen LogP contribution < -0.4 is 5.73 Å². The third-order valence-corrected chi connectivity index (χ3v) is 3.00. The van der Waals surface area contributed by atoms with E-state index in [9.17, 15) is 13.2 Å². The van der Waals surface area contributed by atoms with Crippen LogP contribution in [0, 0.1) is 0 Å². The highest BCUT2D eigenvalue weighted by atomic mass is 32.2. The Labute approximate surface area is 110 Å². The smallest absolute Gasteiger partial charge is 0.265 e. The number of primary amides is 1. The predicted octanol–water partition coefficient (Wildman–Crippen LogP) is 0.408. The van der Waals surface area contributed by atoms with Gasteiger partial charge in [-0.05, 0) is 12.5 Å². The van der Waals surface area contributed by atoms with Crippen molar-refractivity contribution in [1.29, 1.82) is 0 Å². The number of rotatable bonds is 7. The lowest BCUT2D eigenvalue weighted by Gasteiger charge is -2.29. The molecule has 0 fully saturated rings. The van der Waals surface area contributed by atoms with Crippen LogP contribution in [0.15, 0.2) is 12.7 Å². The maximum atomic E-state index is 10.4. The Morgan fingerprint density at radius 1 is 1.39 bits per heavy atom. The summed E-state index contributed by atoms with van der Waals surface area (Å²) in [6.07, 6.45) is 2.66. The molecule has 0 radical (unpaired) electrons. The Balaban J connectivity index is 0. The van der Waals surface area contributed by atoms with Crippen molar-refractivity contribution in [3.63, 3.8) is 0 Å². The molecular weight excluding hydrogens is 256 g/mol. The number of carbonyl (C=O) groups is 1. The number of nitrogens with zero attached hydrogens (tertiary/aromatic N) is 1. The molecule has 6 nitrogen and oxygen atoms in total. The lowest BCUT2D eigenvalue weighted by atomic mass is 10.3. The van der Waals surface area contributed by atoms with E-state index in [0.717, 1.165) is 30.1 Å². The van der Waals surface area contributed by atoms with E-state index < -0.39 is 16.0 Å². The van der Waals surface area contributed by atoms with Gasteiger partial charge in [0.15, 0.2) is 0 Å². The zero-order valence-corrected chi connectivity index (χ0v) is 12.2. The number of nitrogens with two attached hydrogens (primary N) is 1. The fraction of sp³-hybridized carbons (Fsp3) is 0.727. The molecule has 0 unspecified atom stereocenters. The molecule has 18 heavy (non-hydrogen) atoms. The van der Waals surface area contributed by atoms with E-state index in [-0.39, 0.29) is 5.75 Å². The van der Waals surface area contributed by atoms with Crippen molar-refractivity contribution < 1.29 is 22.2 Å². The lowest BCUT2D eigenvalue weighted by molar-refractivity contribution is -0.890. The molecule has 0 spiro atoms. The van der Waals surface area contributed by atoms with Crippen LogP contribution in [0.2, 0.25) is 0 Å². The average molecular weight is 281 g/mol. The third-order valence-electron chi connectivity index (χ3n) is 2.20. The second kappa shape index (κ2) is 9.07. The molecule has 0 aromatic carbocycles. The van der Waals surface area contributed by atoms with Gasteiger partial charge in [-0.15, -0.1) is 0 Å². The summed E-state index contributed by atoms with van der Waals surface area (Å²) in [7, 11) is 0.354.